The number of furan rings is 1. The van der Waals surface area contributed by atoms with Crippen LogP contribution in [-0.4, -0.2) is 12.5 Å². The maximum absolute atomic E-state index is 11.6. The average molecular weight is 259 g/mol. The number of benzene rings is 1. The highest BCUT2D eigenvalue weighted by Gasteiger charge is 2.10. The fraction of sp³-hybridized carbons (Fsp3) is 0.267. The summed E-state index contributed by atoms with van der Waals surface area (Å²) in [7, 11) is 0. The first kappa shape index (κ1) is 13.2. The van der Waals surface area contributed by atoms with Crippen molar-refractivity contribution in [3.63, 3.8) is 0 Å². The van der Waals surface area contributed by atoms with Crippen molar-refractivity contribution in [1.82, 2.24) is 0 Å². The summed E-state index contributed by atoms with van der Waals surface area (Å²) >= 11 is 0. The minimum atomic E-state index is -0.489. The molecule has 1 heterocycles. The molecule has 0 atom stereocenters. The van der Waals surface area contributed by atoms with Crippen molar-refractivity contribution in [1.29, 1.82) is 0 Å². The van der Waals surface area contributed by atoms with Crippen molar-refractivity contribution in [2.45, 2.75) is 19.8 Å². The smallest absolute Gasteiger partial charge is 0.379 e. The Kier molecular flexibility index (Phi) is 4.61. The van der Waals surface area contributed by atoms with E-state index in [1.807, 2.05) is 12.1 Å². The molecular weight excluding hydrogens is 242 g/mol. The molecule has 0 spiro atoms. The number of rotatable bonds is 6. The molecule has 2 aromatic rings. The van der Waals surface area contributed by atoms with E-state index in [9.17, 15) is 4.79 Å². The van der Waals surface area contributed by atoms with Crippen LogP contribution in [0.1, 0.15) is 30.3 Å². The second kappa shape index (κ2) is 6.64. The molecule has 4 nitrogen and oxygen atoms in total. The lowest BCUT2D eigenvalue weighted by Gasteiger charge is -2.06. The lowest BCUT2D eigenvalue weighted by molar-refractivity contribution is 0.0701. The van der Waals surface area contributed by atoms with Crippen LogP contribution in [0.25, 0.3) is 0 Å². The lowest BCUT2D eigenvalue weighted by Crippen LogP contribution is -2.07. The number of carbonyl (C=O) groups is 1. The van der Waals surface area contributed by atoms with Crippen molar-refractivity contribution in [3.05, 3.63) is 48.4 Å². The molecule has 0 bridgehead atoms. The minimum Gasteiger partial charge on any atom is -0.457 e. The Morgan fingerprint density at radius 3 is 2.68 bits per heavy atom. The molecule has 2 rings (SSSR count). The first-order valence-corrected chi connectivity index (χ1v) is 6.39. The second-order valence-electron chi connectivity index (χ2n) is 4.17. The van der Waals surface area contributed by atoms with Crippen molar-refractivity contribution in [3.8, 4) is 5.75 Å². The van der Waals surface area contributed by atoms with E-state index >= 15 is 0 Å². The highest BCUT2D eigenvalue weighted by molar-refractivity contribution is 5.88. The van der Waals surface area contributed by atoms with Gasteiger partial charge in [0, 0.05) is 12.2 Å². The summed E-state index contributed by atoms with van der Waals surface area (Å²) < 4.78 is 10.1. The van der Waals surface area contributed by atoms with Crippen LogP contribution in [0.15, 0.2) is 47.1 Å². The third-order valence-corrected chi connectivity index (χ3v) is 2.65. The van der Waals surface area contributed by atoms with Crippen LogP contribution < -0.4 is 10.1 Å². The largest absolute Gasteiger partial charge is 0.457 e. The maximum atomic E-state index is 11.6. The van der Waals surface area contributed by atoms with Gasteiger partial charge in [-0.25, -0.2) is 4.79 Å². The lowest BCUT2D eigenvalue weighted by atomic mass is 10.3. The predicted molar refractivity (Wildman–Crippen MR) is 73.5 cm³/mol. The van der Waals surface area contributed by atoms with Gasteiger partial charge in [0.25, 0.3) is 0 Å². The van der Waals surface area contributed by atoms with E-state index in [0.717, 1.165) is 25.1 Å². The van der Waals surface area contributed by atoms with Crippen LogP contribution in [0.2, 0.25) is 0 Å². The molecule has 0 radical (unpaired) electrons. The van der Waals surface area contributed by atoms with Gasteiger partial charge in [-0.15, -0.1) is 0 Å². The molecule has 4 heteroatoms. The van der Waals surface area contributed by atoms with Crippen LogP contribution >= 0.6 is 0 Å². The van der Waals surface area contributed by atoms with Crippen LogP contribution in [0.5, 0.6) is 5.75 Å². The molecule has 1 aromatic carbocycles. The number of unbranched alkanes of at least 4 members (excludes halogenated alkanes) is 1. The predicted octanol–water partition coefficient (Wildman–Crippen LogP) is 3.71. The van der Waals surface area contributed by atoms with E-state index in [0.29, 0.717) is 5.75 Å². The number of carbonyl (C=O) groups excluding carboxylic acids is 1. The Bertz CT molecular complexity index is 503. The van der Waals surface area contributed by atoms with Crippen molar-refractivity contribution in [2.75, 3.05) is 11.9 Å². The first-order valence-electron chi connectivity index (χ1n) is 6.39. The van der Waals surface area contributed by atoms with Crippen LogP contribution in [0.3, 0.4) is 0 Å². The highest BCUT2D eigenvalue weighted by Crippen LogP contribution is 2.17. The Morgan fingerprint density at radius 1 is 1.26 bits per heavy atom. The van der Waals surface area contributed by atoms with Gasteiger partial charge in [-0.3, -0.25) is 0 Å². The third kappa shape index (κ3) is 3.88. The molecule has 1 aromatic heterocycles. The highest BCUT2D eigenvalue weighted by atomic mass is 16.5. The summed E-state index contributed by atoms with van der Waals surface area (Å²) in [5.41, 5.74) is 1.02. The molecular formula is C15H17NO3. The normalized spacial score (nSPS) is 10.2. The van der Waals surface area contributed by atoms with Gasteiger partial charge in [-0.05, 0) is 42.8 Å². The van der Waals surface area contributed by atoms with E-state index in [-0.39, 0.29) is 5.76 Å². The van der Waals surface area contributed by atoms with Crippen LogP contribution in [0.4, 0.5) is 5.69 Å². The van der Waals surface area contributed by atoms with Gasteiger partial charge in [0.05, 0.1) is 6.26 Å². The van der Waals surface area contributed by atoms with Gasteiger partial charge in [-0.1, -0.05) is 13.3 Å². The molecule has 0 unspecified atom stereocenters. The van der Waals surface area contributed by atoms with Gasteiger partial charge in [-0.2, -0.15) is 0 Å². The zero-order valence-electron chi connectivity index (χ0n) is 10.9. The molecule has 0 saturated heterocycles. The number of esters is 1. The molecule has 0 fully saturated rings. The van der Waals surface area contributed by atoms with Crippen molar-refractivity contribution < 1.29 is 13.9 Å². The number of hydrogen-bond acceptors (Lipinski definition) is 4. The van der Waals surface area contributed by atoms with E-state index in [1.54, 1.807) is 24.3 Å². The Morgan fingerprint density at radius 2 is 2.05 bits per heavy atom. The summed E-state index contributed by atoms with van der Waals surface area (Å²) in [6.07, 6.45) is 3.73. The quantitative estimate of drug-likeness (QED) is 0.488. The molecule has 100 valence electrons. The van der Waals surface area contributed by atoms with Gasteiger partial charge in [0.2, 0.25) is 5.76 Å². The van der Waals surface area contributed by atoms with Gasteiger partial charge >= 0.3 is 5.97 Å². The summed E-state index contributed by atoms with van der Waals surface area (Å²) in [6.45, 7) is 3.10. The number of ether oxygens (including phenoxy) is 1. The topological polar surface area (TPSA) is 51.5 Å². The zero-order valence-corrected chi connectivity index (χ0v) is 10.9. The standard InChI is InChI=1S/C15H17NO3/c1-2-3-10-16-12-6-8-13(9-7-12)19-15(17)14-5-4-11-18-14/h4-9,11,16H,2-3,10H2,1H3. The SMILES string of the molecule is CCCCNc1ccc(OC(=O)c2ccco2)cc1. The first-order chi connectivity index (χ1) is 9.29. The Balaban J connectivity index is 1.90. The number of hydrogen-bond donors (Lipinski definition) is 1. The van der Waals surface area contributed by atoms with Crippen molar-refractivity contribution >= 4 is 11.7 Å². The van der Waals surface area contributed by atoms with E-state index in [1.165, 1.54) is 6.26 Å². The number of anilines is 1. The summed E-state index contributed by atoms with van der Waals surface area (Å²) in [5, 5.41) is 3.29. The van der Waals surface area contributed by atoms with Gasteiger partial charge in [0.1, 0.15) is 5.75 Å². The van der Waals surface area contributed by atoms with Crippen LogP contribution in [-0.2, 0) is 0 Å². The molecule has 0 aliphatic rings. The Labute approximate surface area is 112 Å². The molecule has 0 aliphatic carbocycles. The monoisotopic (exact) mass is 259 g/mol. The molecule has 0 saturated carbocycles. The molecule has 1 N–H and O–H groups in total. The van der Waals surface area contributed by atoms with Crippen LogP contribution in [0, 0.1) is 0 Å². The maximum Gasteiger partial charge on any atom is 0.379 e. The molecule has 0 aliphatic heterocycles. The Hall–Kier alpha value is -2.23. The second-order valence-corrected chi connectivity index (χ2v) is 4.17. The summed E-state index contributed by atoms with van der Waals surface area (Å²) in [6, 6.07) is 10.5. The fourth-order valence-electron chi connectivity index (χ4n) is 1.60. The average Bonchev–Trinajstić information content (AvgIpc) is 2.95. The molecule has 0 amide bonds. The summed E-state index contributed by atoms with van der Waals surface area (Å²) in [4.78, 5) is 11.6. The van der Waals surface area contributed by atoms with E-state index < -0.39 is 5.97 Å². The van der Waals surface area contributed by atoms with Crippen molar-refractivity contribution in [2.24, 2.45) is 0 Å². The van der Waals surface area contributed by atoms with Gasteiger partial charge in [0.15, 0.2) is 0 Å². The zero-order chi connectivity index (χ0) is 13.5. The van der Waals surface area contributed by atoms with E-state index in [4.69, 9.17) is 9.15 Å². The molecule has 19 heavy (non-hydrogen) atoms. The summed E-state index contributed by atoms with van der Waals surface area (Å²) in [5.74, 6) is 0.212. The minimum absolute atomic E-state index is 0.199. The number of nitrogens with one attached hydrogen (secondary N) is 1. The van der Waals surface area contributed by atoms with E-state index in [2.05, 4.69) is 12.2 Å². The fourth-order valence-corrected chi connectivity index (χ4v) is 1.60. The third-order valence-electron chi connectivity index (χ3n) is 2.65. The van der Waals surface area contributed by atoms with Gasteiger partial charge < -0.3 is 14.5 Å².